The lowest BCUT2D eigenvalue weighted by Crippen LogP contribution is -2.36. The van der Waals surface area contributed by atoms with Crippen molar-refractivity contribution in [3.8, 4) is 0 Å². The van der Waals surface area contributed by atoms with E-state index in [4.69, 9.17) is 0 Å². The number of aromatic amines is 1. The fourth-order valence-corrected chi connectivity index (χ4v) is 4.20. The zero-order valence-electron chi connectivity index (χ0n) is 17.6. The van der Waals surface area contributed by atoms with E-state index in [9.17, 15) is 9.59 Å². The minimum atomic E-state index is -0.135. The Kier molecular flexibility index (Phi) is 7.19. The highest BCUT2D eigenvalue weighted by Crippen LogP contribution is 2.39. The number of carbonyl (C=O) groups excluding carboxylic acids is 2. The largest absolute Gasteiger partial charge is 0.339 e. The second-order valence-electron chi connectivity index (χ2n) is 8.43. The first-order chi connectivity index (χ1) is 14.0. The van der Waals surface area contributed by atoms with E-state index in [2.05, 4.69) is 47.1 Å². The van der Waals surface area contributed by atoms with Gasteiger partial charge in [0.15, 0.2) is 0 Å². The SMILES string of the molecule is C=CC(=O)N1CCC(c2ccc([C@H](C)C(=O)Cc3cc(C4CC4)n[nH]3)cc2)CC1.S. The first-order valence-corrected chi connectivity index (χ1v) is 10.6. The molecule has 1 aromatic carbocycles. The predicted octanol–water partition coefficient (Wildman–Crippen LogP) is 4.21. The second-order valence-corrected chi connectivity index (χ2v) is 8.43. The second kappa shape index (κ2) is 9.65. The quantitative estimate of drug-likeness (QED) is 0.676. The summed E-state index contributed by atoms with van der Waals surface area (Å²) in [5.41, 5.74) is 4.37. The molecule has 1 aliphatic heterocycles. The number of ketones is 1. The monoisotopic (exact) mass is 425 g/mol. The maximum absolute atomic E-state index is 12.7. The highest BCUT2D eigenvalue weighted by Gasteiger charge is 2.27. The number of nitrogens with one attached hydrogen (secondary N) is 1. The van der Waals surface area contributed by atoms with Gasteiger partial charge in [0.25, 0.3) is 0 Å². The van der Waals surface area contributed by atoms with Crippen LogP contribution in [0.2, 0.25) is 0 Å². The van der Waals surface area contributed by atoms with E-state index < -0.39 is 0 Å². The molecule has 6 heteroatoms. The number of rotatable bonds is 7. The van der Waals surface area contributed by atoms with Crippen molar-refractivity contribution in [1.29, 1.82) is 0 Å². The van der Waals surface area contributed by atoms with Crippen molar-refractivity contribution in [2.24, 2.45) is 0 Å². The highest BCUT2D eigenvalue weighted by molar-refractivity contribution is 7.59. The van der Waals surface area contributed by atoms with Crippen LogP contribution in [0, 0.1) is 0 Å². The summed E-state index contributed by atoms with van der Waals surface area (Å²) in [6.45, 7) is 7.10. The van der Waals surface area contributed by atoms with Crippen LogP contribution < -0.4 is 0 Å². The van der Waals surface area contributed by atoms with Crippen LogP contribution in [0.4, 0.5) is 0 Å². The smallest absolute Gasteiger partial charge is 0.245 e. The molecule has 160 valence electrons. The van der Waals surface area contributed by atoms with Crippen molar-refractivity contribution < 1.29 is 9.59 Å². The van der Waals surface area contributed by atoms with Gasteiger partial charge in [-0.2, -0.15) is 18.6 Å². The molecular weight excluding hydrogens is 394 g/mol. The van der Waals surface area contributed by atoms with Gasteiger partial charge in [-0.05, 0) is 54.9 Å². The fourth-order valence-electron chi connectivity index (χ4n) is 4.20. The summed E-state index contributed by atoms with van der Waals surface area (Å²) in [4.78, 5) is 26.3. The van der Waals surface area contributed by atoms with E-state index in [1.165, 1.54) is 24.5 Å². The summed E-state index contributed by atoms with van der Waals surface area (Å²) in [7, 11) is 0. The Labute approximate surface area is 185 Å². The van der Waals surface area contributed by atoms with E-state index in [0.717, 1.165) is 42.9 Å². The Morgan fingerprint density at radius 3 is 2.43 bits per heavy atom. The summed E-state index contributed by atoms with van der Waals surface area (Å²) in [6.07, 6.45) is 6.16. The van der Waals surface area contributed by atoms with E-state index in [0.29, 0.717) is 18.3 Å². The molecule has 0 spiro atoms. The molecule has 1 saturated carbocycles. The van der Waals surface area contributed by atoms with Crippen molar-refractivity contribution in [3.63, 3.8) is 0 Å². The summed E-state index contributed by atoms with van der Waals surface area (Å²) < 4.78 is 0. The van der Waals surface area contributed by atoms with E-state index in [1.807, 2.05) is 11.8 Å². The molecule has 1 saturated heterocycles. The summed E-state index contributed by atoms with van der Waals surface area (Å²) in [5.74, 6) is 1.16. The summed E-state index contributed by atoms with van der Waals surface area (Å²) in [6, 6.07) is 10.5. The Bertz CT molecular complexity index is 893. The van der Waals surface area contributed by atoms with Crippen molar-refractivity contribution in [2.75, 3.05) is 13.1 Å². The third-order valence-electron chi connectivity index (χ3n) is 6.38. The van der Waals surface area contributed by atoms with Crippen LogP contribution in [0.3, 0.4) is 0 Å². The van der Waals surface area contributed by atoms with Crippen LogP contribution in [-0.2, 0) is 16.0 Å². The summed E-state index contributed by atoms with van der Waals surface area (Å²) >= 11 is 0. The molecular formula is C24H31N3O2S. The topological polar surface area (TPSA) is 66.1 Å². The Balaban J connectivity index is 0.00000256. The molecule has 1 aromatic heterocycles. The number of Topliss-reactive ketones (excluding diaryl/α,β-unsaturated/α-hetero) is 1. The third-order valence-corrected chi connectivity index (χ3v) is 6.38. The molecule has 2 aromatic rings. The molecule has 2 aliphatic rings. The van der Waals surface area contributed by atoms with Crippen molar-refractivity contribution >= 4 is 25.2 Å². The first kappa shape index (κ1) is 22.3. The molecule has 1 aliphatic carbocycles. The Morgan fingerprint density at radius 1 is 1.17 bits per heavy atom. The predicted molar refractivity (Wildman–Crippen MR) is 123 cm³/mol. The van der Waals surface area contributed by atoms with Gasteiger partial charge in [0.2, 0.25) is 5.91 Å². The van der Waals surface area contributed by atoms with Gasteiger partial charge >= 0.3 is 0 Å². The van der Waals surface area contributed by atoms with E-state index in [-0.39, 0.29) is 31.1 Å². The number of hydrogen-bond acceptors (Lipinski definition) is 3. The third kappa shape index (κ3) is 5.04. The number of piperidine rings is 1. The number of likely N-dealkylation sites (tertiary alicyclic amines) is 1. The lowest BCUT2D eigenvalue weighted by atomic mass is 9.87. The highest BCUT2D eigenvalue weighted by atomic mass is 32.1. The van der Waals surface area contributed by atoms with Crippen LogP contribution in [0.1, 0.15) is 72.9 Å². The Morgan fingerprint density at radius 2 is 1.83 bits per heavy atom. The van der Waals surface area contributed by atoms with Crippen LogP contribution in [0.5, 0.6) is 0 Å². The van der Waals surface area contributed by atoms with Gasteiger partial charge in [-0.15, -0.1) is 0 Å². The number of H-pyrrole nitrogens is 1. The average molecular weight is 426 g/mol. The van der Waals surface area contributed by atoms with Gasteiger partial charge in [0.05, 0.1) is 5.69 Å². The molecule has 30 heavy (non-hydrogen) atoms. The number of aromatic nitrogens is 2. The van der Waals surface area contributed by atoms with Crippen molar-refractivity contribution in [1.82, 2.24) is 15.1 Å². The molecule has 0 radical (unpaired) electrons. The lowest BCUT2D eigenvalue weighted by molar-refractivity contribution is -0.127. The molecule has 1 N–H and O–H groups in total. The number of benzene rings is 1. The standard InChI is InChI=1S/C24H29N3O2.H2S/c1-3-24(29)27-12-10-19(11-13-27)18-6-4-17(5-7-18)16(2)23(28)15-21-14-22(26-25-21)20-8-9-20;/h3-7,14,16,19-20H,1,8-13,15H2,2H3,(H,25,26);1H2/t16-;/m0./s1. The number of carbonyl (C=O) groups is 2. The van der Waals surface area contributed by atoms with Crippen LogP contribution in [0.25, 0.3) is 0 Å². The zero-order valence-corrected chi connectivity index (χ0v) is 18.6. The van der Waals surface area contributed by atoms with E-state index >= 15 is 0 Å². The van der Waals surface area contributed by atoms with Gasteiger partial charge in [0.1, 0.15) is 5.78 Å². The van der Waals surface area contributed by atoms with Crippen LogP contribution >= 0.6 is 13.5 Å². The number of hydrogen-bond donors (Lipinski definition) is 1. The van der Waals surface area contributed by atoms with Gasteiger partial charge in [-0.3, -0.25) is 14.7 Å². The van der Waals surface area contributed by atoms with Gasteiger partial charge in [0, 0.05) is 37.0 Å². The van der Waals surface area contributed by atoms with Gasteiger partial charge in [-0.25, -0.2) is 0 Å². The van der Waals surface area contributed by atoms with Gasteiger partial charge < -0.3 is 4.90 Å². The minimum absolute atomic E-state index is 0. The minimum Gasteiger partial charge on any atom is -0.339 e. The molecule has 5 nitrogen and oxygen atoms in total. The number of nitrogens with zero attached hydrogens (tertiary/aromatic N) is 2. The Hall–Kier alpha value is -2.34. The van der Waals surface area contributed by atoms with Gasteiger partial charge in [-0.1, -0.05) is 37.8 Å². The fraction of sp³-hybridized carbons (Fsp3) is 0.458. The molecule has 2 heterocycles. The van der Waals surface area contributed by atoms with Crippen molar-refractivity contribution in [2.45, 2.75) is 56.8 Å². The lowest BCUT2D eigenvalue weighted by Gasteiger charge is -2.31. The molecule has 2 fully saturated rings. The molecule has 0 unspecified atom stereocenters. The average Bonchev–Trinajstić information content (AvgIpc) is 3.52. The number of amides is 1. The molecule has 1 amide bonds. The van der Waals surface area contributed by atoms with Crippen LogP contribution in [-0.4, -0.2) is 39.9 Å². The van der Waals surface area contributed by atoms with Crippen LogP contribution in [0.15, 0.2) is 43.0 Å². The normalized spacial score (nSPS) is 17.8. The summed E-state index contributed by atoms with van der Waals surface area (Å²) in [5, 5.41) is 7.37. The zero-order chi connectivity index (χ0) is 20.4. The molecule has 4 rings (SSSR count). The molecule has 1 atom stereocenters. The molecule has 0 bridgehead atoms. The first-order valence-electron chi connectivity index (χ1n) is 10.6. The van der Waals surface area contributed by atoms with E-state index in [1.54, 1.807) is 0 Å². The van der Waals surface area contributed by atoms with Crippen molar-refractivity contribution in [3.05, 3.63) is 65.5 Å². The maximum Gasteiger partial charge on any atom is 0.245 e. The maximum atomic E-state index is 12.7.